The van der Waals surface area contributed by atoms with Gasteiger partial charge in [-0.3, -0.25) is 4.79 Å². The second kappa shape index (κ2) is 7.84. The maximum Gasteiger partial charge on any atom is 0.337 e. The number of ether oxygens (including phenoxy) is 1. The van der Waals surface area contributed by atoms with E-state index in [1.807, 2.05) is 26.0 Å². The first-order valence-corrected chi connectivity index (χ1v) is 7.22. The molecule has 0 atom stereocenters. The first kappa shape index (κ1) is 15.6. The maximum absolute atomic E-state index is 11.5. The topological polar surface area (TPSA) is 55.4 Å². The Kier molecular flexibility index (Phi) is 6.42. The third-order valence-electron chi connectivity index (χ3n) is 2.30. The standard InChI is InChI=1S/C14H19NO3S/c1-10(2)15-13(16)9-19-8-11-5-4-6-12(7-11)14(17)18-3/h4-7,10H,8-9H2,1-3H3,(H,15,16). The number of thioether (sulfide) groups is 1. The highest BCUT2D eigenvalue weighted by atomic mass is 32.2. The molecule has 104 valence electrons. The highest BCUT2D eigenvalue weighted by Crippen LogP contribution is 2.14. The Morgan fingerprint density at radius 2 is 2.11 bits per heavy atom. The summed E-state index contributed by atoms with van der Waals surface area (Å²) in [6.45, 7) is 3.87. The number of benzene rings is 1. The van der Waals surface area contributed by atoms with Crippen molar-refractivity contribution < 1.29 is 14.3 Å². The molecule has 0 aromatic heterocycles. The van der Waals surface area contributed by atoms with Crippen LogP contribution in [-0.2, 0) is 15.3 Å². The molecule has 19 heavy (non-hydrogen) atoms. The summed E-state index contributed by atoms with van der Waals surface area (Å²) in [7, 11) is 1.36. The lowest BCUT2D eigenvalue weighted by Gasteiger charge is -2.08. The number of amides is 1. The second-order valence-corrected chi connectivity index (χ2v) is 5.39. The minimum Gasteiger partial charge on any atom is -0.465 e. The molecule has 0 fully saturated rings. The Bertz CT molecular complexity index is 446. The Morgan fingerprint density at radius 3 is 2.74 bits per heavy atom. The van der Waals surface area contributed by atoms with Gasteiger partial charge in [-0.25, -0.2) is 4.79 Å². The fourth-order valence-corrected chi connectivity index (χ4v) is 2.32. The van der Waals surface area contributed by atoms with Crippen molar-refractivity contribution >= 4 is 23.6 Å². The predicted molar refractivity (Wildman–Crippen MR) is 77.2 cm³/mol. The molecule has 0 spiro atoms. The van der Waals surface area contributed by atoms with E-state index >= 15 is 0 Å². The molecule has 1 rings (SSSR count). The van der Waals surface area contributed by atoms with Crippen LogP contribution in [0.25, 0.3) is 0 Å². The zero-order valence-corrected chi connectivity index (χ0v) is 12.3. The number of carbonyl (C=O) groups is 2. The van der Waals surface area contributed by atoms with Gasteiger partial charge < -0.3 is 10.1 Å². The maximum atomic E-state index is 11.5. The number of methoxy groups -OCH3 is 1. The molecule has 5 heteroatoms. The van der Waals surface area contributed by atoms with Gasteiger partial charge in [-0.15, -0.1) is 11.8 Å². The number of hydrogen-bond donors (Lipinski definition) is 1. The quantitative estimate of drug-likeness (QED) is 0.812. The van der Waals surface area contributed by atoms with Gasteiger partial charge in [0.1, 0.15) is 0 Å². The molecule has 0 aliphatic rings. The molecule has 1 amide bonds. The summed E-state index contributed by atoms with van der Waals surface area (Å²) in [5, 5.41) is 2.83. The monoisotopic (exact) mass is 281 g/mol. The molecule has 0 saturated heterocycles. The molecule has 0 aliphatic heterocycles. The lowest BCUT2D eigenvalue weighted by Crippen LogP contribution is -2.31. The third kappa shape index (κ3) is 5.79. The van der Waals surface area contributed by atoms with Crippen LogP contribution < -0.4 is 5.32 Å². The molecule has 0 heterocycles. The van der Waals surface area contributed by atoms with Gasteiger partial charge in [0.15, 0.2) is 0 Å². The molecule has 0 radical (unpaired) electrons. The largest absolute Gasteiger partial charge is 0.465 e. The third-order valence-corrected chi connectivity index (χ3v) is 3.30. The van der Waals surface area contributed by atoms with E-state index in [1.54, 1.807) is 12.1 Å². The van der Waals surface area contributed by atoms with E-state index in [-0.39, 0.29) is 17.9 Å². The highest BCUT2D eigenvalue weighted by Gasteiger charge is 2.07. The fourth-order valence-electron chi connectivity index (χ4n) is 1.53. The van der Waals surface area contributed by atoms with Crippen LogP contribution in [0.1, 0.15) is 29.8 Å². The minimum atomic E-state index is -0.343. The van der Waals surface area contributed by atoms with Gasteiger partial charge in [0.25, 0.3) is 0 Å². The Balaban J connectivity index is 2.45. The van der Waals surface area contributed by atoms with Gasteiger partial charge in [-0.1, -0.05) is 12.1 Å². The van der Waals surface area contributed by atoms with E-state index in [0.29, 0.717) is 17.1 Å². The predicted octanol–water partition coefficient (Wildman–Crippen LogP) is 2.23. The molecule has 4 nitrogen and oxygen atoms in total. The van der Waals surface area contributed by atoms with Crippen LogP contribution >= 0.6 is 11.8 Å². The van der Waals surface area contributed by atoms with Crippen LogP contribution in [0.2, 0.25) is 0 Å². The van der Waals surface area contributed by atoms with E-state index in [9.17, 15) is 9.59 Å². The number of rotatable bonds is 6. The van der Waals surface area contributed by atoms with Crippen LogP contribution in [0, 0.1) is 0 Å². The van der Waals surface area contributed by atoms with Crippen molar-refractivity contribution in [3.8, 4) is 0 Å². The lowest BCUT2D eigenvalue weighted by molar-refractivity contribution is -0.119. The minimum absolute atomic E-state index is 0.0316. The molecule has 1 N–H and O–H groups in total. The van der Waals surface area contributed by atoms with Gasteiger partial charge in [-0.2, -0.15) is 0 Å². The summed E-state index contributed by atoms with van der Waals surface area (Å²) in [6, 6.07) is 7.41. The Hall–Kier alpha value is -1.49. The Morgan fingerprint density at radius 1 is 1.37 bits per heavy atom. The van der Waals surface area contributed by atoms with Crippen LogP contribution in [0.15, 0.2) is 24.3 Å². The van der Waals surface area contributed by atoms with Gasteiger partial charge in [0, 0.05) is 11.8 Å². The molecular formula is C14H19NO3S. The van der Waals surface area contributed by atoms with Crippen molar-refractivity contribution in [3.05, 3.63) is 35.4 Å². The van der Waals surface area contributed by atoms with Crippen molar-refractivity contribution in [2.45, 2.75) is 25.6 Å². The Labute approximate surface area is 117 Å². The first-order valence-electron chi connectivity index (χ1n) is 6.07. The van der Waals surface area contributed by atoms with Gasteiger partial charge in [0.2, 0.25) is 5.91 Å². The van der Waals surface area contributed by atoms with E-state index in [0.717, 1.165) is 5.56 Å². The van der Waals surface area contributed by atoms with E-state index in [2.05, 4.69) is 10.1 Å². The zero-order valence-electron chi connectivity index (χ0n) is 11.4. The number of carbonyl (C=O) groups excluding carboxylic acids is 2. The van der Waals surface area contributed by atoms with Gasteiger partial charge in [0.05, 0.1) is 18.4 Å². The van der Waals surface area contributed by atoms with Crippen LogP contribution in [0.5, 0.6) is 0 Å². The van der Waals surface area contributed by atoms with Crippen molar-refractivity contribution in [2.75, 3.05) is 12.9 Å². The molecule has 0 saturated carbocycles. The average molecular weight is 281 g/mol. The SMILES string of the molecule is COC(=O)c1cccc(CSCC(=O)NC(C)C)c1. The first-order chi connectivity index (χ1) is 9.02. The molecule has 0 aliphatic carbocycles. The zero-order chi connectivity index (χ0) is 14.3. The summed E-state index contributed by atoms with van der Waals surface area (Å²) < 4.78 is 4.67. The fraction of sp³-hybridized carbons (Fsp3) is 0.429. The summed E-state index contributed by atoms with van der Waals surface area (Å²) in [5.74, 6) is 0.797. The van der Waals surface area contributed by atoms with E-state index < -0.39 is 0 Å². The smallest absolute Gasteiger partial charge is 0.337 e. The van der Waals surface area contributed by atoms with Crippen molar-refractivity contribution in [2.24, 2.45) is 0 Å². The van der Waals surface area contributed by atoms with Crippen molar-refractivity contribution in [3.63, 3.8) is 0 Å². The summed E-state index contributed by atoms with van der Waals surface area (Å²) >= 11 is 1.52. The highest BCUT2D eigenvalue weighted by molar-refractivity contribution is 7.99. The second-order valence-electron chi connectivity index (χ2n) is 4.41. The molecule has 0 bridgehead atoms. The van der Waals surface area contributed by atoms with Gasteiger partial charge in [-0.05, 0) is 31.5 Å². The number of nitrogens with one attached hydrogen (secondary N) is 1. The molecule has 0 unspecified atom stereocenters. The van der Waals surface area contributed by atoms with Crippen LogP contribution in [-0.4, -0.2) is 30.8 Å². The lowest BCUT2D eigenvalue weighted by atomic mass is 10.1. The number of esters is 1. The normalized spacial score (nSPS) is 10.3. The molecular weight excluding hydrogens is 262 g/mol. The van der Waals surface area contributed by atoms with E-state index in [1.165, 1.54) is 18.9 Å². The molecule has 1 aromatic rings. The van der Waals surface area contributed by atoms with Gasteiger partial charge >= 0.3 is 5.97 Å². The summed E-state index contributed by atoms with van der Waals surface area (Å²) in [4.78, 5) is 22.8. The summed E-state index contributed by atoms with van der Waals surface area (Å²) in [6.07, 6.45) is 0. The summed E-state index contributed by atoms with van der Waals surface area (Å²) in [5.41, 5.74) is 1.54. The van der Waals surface area contributed by atoms with Crippen molar-refractivity contribution in [1.29, 1.82) is 0 Å². The molecule has 1 aromatic carbocycles. The average Bonchev–Trinajstić information content (AvgIpc) is 2.37. The van der Waals surface area contributed by atoms with E-state index in [4.69, 9.17) is 0 Å². The van der Waals surface area contributed by atoms with Crippen molar-refractivity contribution in [1.82, 2.24) is 5.32 Å². The number of hydrogen-bond acceptors (Lipinski definition) is 4. The van der Waals surface area contributed by atoms with Crippen LogP contribution in [0.3, 0.4) is 0 Å². The van der Waals surface area contributed by atoms with Crippen LogP contribution in [0.4, 0.5) is 0 Å².